The average Bonchev–Trinajstić information content (AvgIpc) is 2.96. The monoisotopic (exact) mass is 399 g/mol. The van der Waals surface area contributed by atoms with Gasteiger partial charge in [0.1, 0.15) is 11.3 Å². The number of nitrogens with zero attached hydrogens (tertiary/aromatic N) is 1. The third kappa shape index (κ3) is 2.82. The van der Waals surface area contributed by atoms with Crippen molar-refractivity contribution in [3.05, 3.63) is 63.3 Å². The Morgan fingerprint density at radius 2 is 2.04 bits per heavy atom. The van der Waals surface area contributed by atoms with Crippen LogP contribution >= 0.6 is 15.9 Å². The Bertz CT molecular complexity index is 976. The maximum Gasteiger partial charge on any atom is 0.290 e. The minimum atomic E-state index is -0.0571. The number of aryl methyl sites for hydroxylation is 1. The van der Waals surface area contributed by atoms with Crippen LogP contribution in [0.25, 0.3) is 11.0 Å². The van der Waals surface area contributed by atoms with E-state index in [0.29, 0.717) is 18.8 Å². The first-order valence-corrected chi connectivity index (χ1v) is 9.00. The number of hydrogen-bond acceptors (Lipinski definition) is 3. The van der Waals surface area contributed by atoms with Gasteiger partial charge in [0.25, 0.3) is 5.91 Å². The minimum absolute atomic E-state index is 0.0571. The summed E-state index contributed by atoms with van der Waals surface area (Å²) in [6, 6.07) is 11.9. The standard InChI is InChI=1S/C20H18BrNO3/c1-12-17-10-15(21)4-6-18(17)25-19(12)20(23)22-8-7-13-3-5-16(24-2)9-14(13)11-22/h3-6,9-10H,7-8,11H2,1-2H3. The van der Waals surface area contributed by atoms with Gasteiger partial charge in [-0.25, -0.2) is 0 Å². The van der Waals surface area contributed by atoms with E-state index in [1.165, 1.54) is 5.56 Å². The lowest BCUT2D eigenvalue weighted by molar-refractivity contribution is 0.0703. The molecule has 1 aliphatic rings. The molecule has 0 N–H and O–H groups in total. The molecule has 0 bridgehead atoms. The van der Waals surface area contributed by atoms with E-state index in [1.54, 1.807) is 7.11 Å². The highest BCUT2D eigenvalue weighted by atomic mass is 79.9. The normalized spacial score (nSPS) is 13.8. The lowest BCUT2D eigenvalue weighted by Crippen LogP contribution is -2.36. The second-order valence-corrected chi connectivity index (χ2v) is 7.22. The molecule has 2 heterocycles. The largest absolute Gasteiger partial charge is 0.497 e. The van der Waals surface area contributed by atoms with Crippen LogP contribution in [0.2, 0.25) is 0 Å². The Kier molecular flexibility index (Phi) is 4.04. The van der Waals surface area contributed by atoms with Crippen LogP contribution in [0.1, 0.15) is 27.2 Å². The van der Waals surface area contributed by atoms with Crippen LogP contribution in [0.3, 0.4) is 0 Å². The molecule has 3 aromatic rings. The van der Waals surface area contributed by atoms with E-state index in [-0.39, 0.29) is 5.91 Å². The maximum absolute atomic E-state index is 13.0. The SMILES string of the molecule is COc1ccc2c(c1)CN(C(=O)c1oc3ccc(Br)cc3c1C)CC2. The quantitative estimate of drug-likeness (QED) is 0.626. The van der Waals surface area contributed by atoms with Crippen molar-refractivity contribution in [2.75, 3.05) is 13.7 Å². The molecule has 0 radical (unpaired) electrons. The molecule has 0 saturated heterocycles. The summed E-state index contributed by atoms with van der Waals surface area (Å²) in [5.74, 6) is 1.19. The van der Waals surface area contributed by atoms with Gasteiger partial charge in [-0.1, -0.05) is 22.0 Å². The molecule has 0 spiro atoms. The van der Waals surface area contributed by atoms with Gasteiger partial charge in [-0.2, -0.15) is 0 Å². The first-order chi connectivity index (χ1) is 12.1. The molecule has 4 rings (SSSR count). The smallest absolute Gasteiger partial charge is 0.290 e. The molecule has 2 aromatic carbocycles. The molecule has 1 aromatic heterocycles. The number of amides is 1. The summed E-state index contributed by atoms with van der Waals surface area (Å²) in [6.45, 7) is 3.20. The Hall–Kier alpha value is -2.27. The highest BCUT2D eigenvalue weighted by Gasteiger charge is 2.26. The van der Waals surface area contributed by atoms with Crippen LogP contribution in [-0.4, -0.2) is 24.5 Å². The number of hydrogen-bond donors (Lipinski definition) is 0. The highest BCUT2D eigenvalue weighted by Crippen LogP contribution is 2.30. The van der Waals surface area contributed by atoms with Gasteiger partial charge in [0.2, 0.25) is 0 Å². The van der Waals surface area contributed by atoms with Crippen LogP contribution in [-0.2, 0) is 13.0 Å². The zero-order chi connectivity index (χ0) is 17.6. The predicted octanol–water partition coefficient (Wildman–Crippen LogP) is 4.71. The van der Waals surface area contributed by atoms with E-state index in [1.807, 2.05) is 42.2 Å². The van der Waals surface area contributed by atoms with Crippen molar-refractivity contribution in [3.8, 4) is 5.75 Å². The van der Waals surface area contributed by atoms with Crippen LogP contribution in [0.15, 0.2) is 45.3 Å². The third-order valence-electron chi connectivity index (χ3n) is 4.81. The number of fused-ring (bicyclic) bond motifs is 2. The van der Waals surface area contributed by atoms with E-state index in [2.05, 4.69) is 22.0 Å². The van der Waals surface area contributed by atoms with Gasteiger partial charge in [-0.15, -0.1) is 0 Å². The topological polar surface area (TPSA) is 42.7 Å². The van der Waals surface area contributed by atoms with E-state index in [4.69, 9.17) is 9.15 Å². The molecule has 128 valence electrons. The van der Waals surface area contributed by atoms with Gasteiger partial charge in [0, 0.05) is 28.5 Å². The van der Waals surface area contributed by atoms with Crippen LogP contribution in [0.5, 0.6) is 5.75 Å². The second-order valence-electron chi connectivity index (χ2n) is 6.31. The number of halogens is 1. The first kappa shape index (κ1) is 16.2. The lowest BCUT2D eigenvalue weighted by atomic mass is 9.99. The number of carbonyl (C=O) groups is 1. The highest BCUT2D eigenvalue weighted by molar-refractivity contribution is 9.10. The van der Waals surface area contributed by atoms with Crippen LogP contribution in [0.4, 0.5) is 0 Å². The number of methoxy groups -OCH3 is 1. The van der Waals surface area contributed by atoms with Crippen molar-refractivity contribution in [1.82, 2.24) is 4.90 Å². The van der Waals surface area contributed by atoms with Crippen molar-refractivity contribution in [3.63, 3.8) is 0 Å². The predicted molar refractivity (Wildman–Crippen MR) is 100 cm³/mol. The summed E-state index contributed by atoms with van der Waals surface area (Å²) in [5, 5.41) is 0.969. The first-order valence-electron chi connectivity index (χ1n) is 8.20. The summed E-state index contributed by atoms with van der Waals surface area (Å²) >= 11 is 3.47. The molecule has 1 aliphatic heterocycles. The van der Waals surface area contributed by atoms with Crippen molar-refractivity contribution < 1.29 is 13.9 Å². The van der Waals surface area contributed by atoms with Crippen molar-refractivity contribution in [2.24, 2.45) is 0 Å². The summed E-state index contributed by atoms with van der Waals surface area (Å²) in [5.41, 5.74) is 4.03. The van der Waals surface area contributed by atoms with E-state index >= 15 is 0 Å². The number of furan rings is 1. The third-order valence-corrected chi connectivity index (χ3v) is 5.30. The molecule has 0 fully saturated rings. The van der Waals surface area contributed by atoms with Gasteiger partial charge in [-0.05, 0) is 54.8 Å². The van der Waals surface area contributed by atoms with Gasteiger partial charge < -0.3 is 14.1 Å². The lowest BCUT2D eigenvalue weighted by Gasteiger charge is -2.28. The Balaban J connectivity index is 1.66. The average molecular weight is 400 g/mol. The number of ether oxygens (including phenoxy) is 1. The Labute approximate surface area is 154 Å². The molecule has 0 atom stereocenters. The zero-order valence-corrected chi connectivity index (χ0v) is 15.7. The maximum atomic E-state index is 13.0. The Morgan fingerprint density at radius 3 is 2.84 bits per heavy atom. The van der Waals surface area contributed by atoms with Gasteiger partial charge in [0.15, 0.2) is 5.76 Å². The summed E-state index contributed by atoms with van der Waals surface area (Å²) in [6.07, 6.45) is 0.843. The number of carbonyl (C=O) groups excluding carboxylic acids is 1. The molecule has 0 saturated carbocycles. The van der Waals surface area contributed by atoms with Crippen LogP contribution in [0, 0.1) is 6.92 Å². The van der Waals surface area contributed by atoms with Gasteiger partial charge >= 0.3 is 0 Å². The summed E-state index contributed by atoms with van der Waals surface area (Å²) in [4.78, 5) is 14.9. The molecule has 1 amide bonds. The van der Waals surface area contributed by atoms with Crippen LogP contribution < -0.4 is 4.74 Å². The van der Waals surface area contributed by atoms with Crippen molar-refractivity contribution >= 4 is 32.8 Å². The molecule has 5 heteroatoms. The molecular formula is C20H18BrNO3. The number of benzene rings is 2. The minimum Gasteiger partial charge on any atom is -0.497 e. The second kappa shape index (κ2) is 6.23. The van der Waals surface area contributed by atoms with E-state index in [0.717, 1.165) is 38.7 Å². The van der Waals surface area contributed by atoms with Gasteiger partial charge in [0.05, 0.1) is 7.11 Å². The summed E-state index contributed by atoms with van der Waals surface area (Å²) in [7, 11) is 1.66. The molecule has 0 unspecified atom stereocenters. The Morgan fingerprint density at radius 1 is 1.20 bits per heavy atom. The van der Waals surface area contributed by atoms with Crippen molar-refractivity contribution in [2.45, 2.75) is 19.9 Å². The molecule has 25 heavy (non-hydrogen) atoms. The molecule has 0 aliphatic carbocycles. The number of rotatable bonds is 2. The fourth-order valence-electron chi connectivity index (χ4n) is 3.37. The van der Waals surface area contributed by atoms with Gasteiger partial charge in [-0.3, -0.25) is 4.79 Å². The summed E-state index contributed by atoms with van der Waals surface area (Å²) < 4.78 is 12.1. The molecular weight excluding hydrogens is 382 g/mol. The molecule has 4 nitrogen and oxygen atoms in total. The fourth-order valence-corrected chi connectivity index (χ4v) is 3.74. The fraction of sp³-hybridized carbons (Fsp3) is 0.250. The zero-order valence-electron chi connectivity index (χ0n) is 14.1. The van der Waals surface area contributed by atoms with E-state index < -0.39 is 0 Å². The van der Waals surface area contributed by atoms with E-state index in [9.17, 15) is 4.79 Å². The van der Waals surface area contributed by atoms with Crippen molar-refractivity contribution in [1.29, 1.82) is 0 Å².